The van der Waals surface area contributed by atoms with Gasteiger partial charge in [0.2, 0.25) is 0 Å². The Kier molecular flexibility index (Phi) is 4.76. The molecule has 2 N–H and O–H groups in total. The van der Waals surface area contributed by atoms with Gasteiger partial charge in [-0.2, -0.15) is 0 Å². The molecule has 0 amide bonds. The predicted octanol–water partition coefficient (Wildman–Crippen LogP) is 2.04. The van der Waals surface area contributed by atoms with E-state index in [2.05, 4.69) is 29.5 Å². The monoisotopic (exact) mass is 317 g/mol. The van der Waals surface area contributed by atoms with Crippen LogP contribution in [0, 0.1) is 11.3 Å². The molecule has 1 saturated carbocycles. The second kappa shape index (κ2) is 6.79. The van der Waals surface area contributed by atoms with E-state index in [9.17, 15) is 0 Å². The van der Waals surface area contributed by atoms with Crippen LogP contribution in [0.5, 0.6) is 5.75 Å². The normalized spacial score (nSPS) is 28.7. The summed E-state index contributed by atoms with van der Waals surface area (Å²) in [5, 5.41) is 6.90. The Balaban J connectivity index is 1.44. The summed E-state index contributed by atoms with van der Waals surface area (Å²) in [6.07, 6.45) is 1.53. The van der Waals surface area contributed by atoms with E-state index >= 15 is 0 Å². The highest BCUT2D eigenvalue weighted by Gasteiger charge is 2.59. The fraction of sp³-hybridized carbons (Fsp3) is 0.611. The number of rotatable bonds is 5. The number of fused-ring (bicyclic) bond motifs is 1. The molecule has 5 heteroatoms. The van der Waals surface area contributed by atoms with Gasteiger partial charge >= 0.3 is 0 Å². The first-order valence-corrected chi connectivity index (χ1v) is 8.39. The summed E-state index contributed by atoms with van der Waals surface area (Å²) in [5.41, 5.74) is 0.152. The summed E-state index contributed by atoms with van der Waals surface area (Å²) in [4.78, 5) is 4.33. The molecule has 2 aliphatic rings. The molecular weight excluding hydrogens is 290 g/mol. The van der Waals surface area contributed by atoms with Crippen LogP contribution in [0.15, 0.2) is 35.3 Å². The van der Waals surface area contributed by atoms with Crippen molar-refractivity contribution >= 4 is 5.96 Å². The van der Waals surface area contributed by atoms with Gasteiger partial charge in [-0.05, 0) is 18.6 Å². The standard InChI is InChI=1S/C18H27N3O2/c1-18(2)15(14-9-11-23-16(14)18)21-17(19-3)20-10-12-22-13-7-5-4-6-8-13/h4-8,14-16H,9-12H2,1-3H3,(H2,19,20,21). The fourth-order valence-electron chi connectivity index (χ4n) is 3.81. The maximum absolute atomic E-state index is 5.84. The van der Waals surface area contributed by atoms with Crippen molar-refractivity contribution in [1.29, 1.82) is 0 Å². The highest BCUT2D eigenvalue weighted by atomic mass is 16.5. The maximum Gasteiger partial charge on any atom is 0.191 e. The Labute approximate surface area is 138 Å². The first-order valence-electron chi connectivity index (χ1n) is 8.39. The SMILES string of the molecule is CN=C(NCCOc1ccccc1)NC1C2CCOC2C1(C)C. The Morgan fingerprint density at radius 2 is 2.13 bits per heavy atom. The third kappa shape index (κ3) is 3.29. The molecule has 1 aliphatic heterocycles. The molecule has 1 aromatic rings. The van der Waals surface area contributed by atoms with Gasteiger partial charge in [-0.25, -0.2) is 0 Å². The second-order valence-electron chi connectivity index (χ2n) is 6.85. The number of nitrogens with zero attached hydrogens (tertiary/aromatic N) is 1. The molecule has 0 spiro atoms. The lowest BCUT2D eigenvalue weighted by Crippen LogP contribution is -2.68. The van der Waals surface area contributed by atoms with E-state index in [4.69, 9.17) is 9.47 Å². The van der Waals surface area contributed by atoms with Crippen LogP contribution < -0.4 is 15.4 Å². The van der Waals surface area contributed by atoms with Crippen molar-refractivity contribution in [2.75, 3.05) is 26.8 Å². The van der Waals surface area contributed by atoms with Gasteiger partial charge in [-0.1, -0.05) is 32.0 Å². The van der Waals surface area contributed by atoms with Crippen molar-refractivity contribution in [1.82, 2.24) is 10.6 Å². The van der Waals surface area contributed by atoms with E-state index in [0.29, 0.717) is 31.2 Å². The van der Waals surface area contributed by atoms with E-state index in [-0.39, 0.29) is 5.41 Å². The highest BCUT2D eigenvalue weighted by Crippen LogP contribution is 2.51. The Hall–Kier alpha value is -1.75. The number of ether oxygens (including phenoxy) is 2. The van der Waals surface area contributed by atoms with Gasteiger partial charge in [0.1, 0.15) is 12.4 Å². The zero-order chi connectivity index (χ0) is 16.3. The van der Waals surface area contributed by atoms with Crippen LogP contribution in [0.3, 0.4) is 0 Å². The van der Waals surface area contributed by atoms with Gasteiger partial charge in [-0.15, -0.1) is 0 Å². The first kappa shape index (κ1) is 16.1. The molecule has 0 bridgehead atoms. The molecule has 1 heterocycles. The average Bonchev–Trinajstić information content (AvgIpc) is 3.02. The van der Waals surface area contributed by atoms with Crippen LogP contribution in [-0.4, -0.2) is 44.9 Å². The Bertz CT molecular complexity index is 544. The van der Waals surface area contributed by atoms with Gasteiger partial charge in [0.25, 0.3) is 0 Å². The molecule has 3 atom stereocenters. The van der Waals surface area contributed by atoms with Gasteiger partial charge in [0, 0.05) is 31.0 Å². The van der Waals surface area contributed by atoms with E-state index < -0.39 is 0 Å². The molecule has 3 unspecified atom stereocenters. The molecule has 1 aromatic carbocycles. The maximum atomic E-state index is 5.84. The van der Waals surface area contributed by atoms with Gasteiger partial charge in [0.15, 0.2) is 5.96 Å². The summed E-state index contributed by atoms with van der Waals surface area (Å²) < 4.78 is 11.5. The first-order chi connectivity index (χ1) is 11.1. The minimum absolute atomic E-state index is 0.152. The Morgan fingerprint density at radius 3 is 2.87 bits per heavy atom. The molecule has 1 aliphatic carbocycles. The van der Waals surface area contributed by atoms with Crippen LogP contribution in [0.25, 0.3) is 0 Å². The Morgan fingerprint density at radius 1 is 1.35 bits per heavy atom. The van der Waals surface area contributed by atoms with Crippen LogP contribution in [0.2, 0.25) is 0 Å². The third-order valence-corrected chi connectivity index (χ3v) is 5.02. The number of para-hydroxylation sites is 1. The van der Waals surface area contributed by atoms with Gasteiger partial charge in [-0.3, -0.25) is 4.99 Å². The minimum Gasteiger partial charge on any atom is -0.492 e. The van der Waals surface area contributed by atoms with Crippen LogP contribution in [0.4, 0.5) is 0 Å². The summed E-state index contributed by atoms with van der Waals surface area (Å²) in [7, 11) is 1.81. The zero-order valence-electron chi connectivity index (χ0n) is 14.2. The molecule has 0 radical (unpaired) electrons. The molecule has 2 fully saturated rings. The molecular formula is C18H27N3O2. The summed E-state index contributed by atoms with van der Waals surface area (Å²) >= 11 is 0. The number of nitrogens with one attached hydrogen (secondary N) is 2. The molecule has 126 valence electrons. The topological polar surface area (TPSA) is 54.9 Å². The molecule has 1 saturated heterocycles. The highest BCUT2D eigenvalue weighted by molar-refractivity contribution is 5.80. The smallest absolute Gasteiger partial charge is 0.191 e. The summed E-state index contributed by atoms with van der Waals surface area (Å²) in [6.45, 7) is 6.74. The number of hydrogen-bond donors (Lipinski definition) is 2. The van der Waals surface area contributed by atoms with Crippen molar-refractivity contribution in [3.8, 4) is 5.75 Å². The summed E-state index contributed by atoms with van der Waals surface area (Å²) in [5.74, 6) is 2.33. The number of hydrogen-bond acceptors (Lipinski definition) is 3. The molecule has 3 rings (SSSR count). The minimum atomic E-state index is 0.152. The van der Waals surface area contributed by atoms with Crippen LogP contribution in [0.1, 0.15) is 20.3 Å². The lowest BCUT2D eigenvalue weighted by Gasteiger charge is -2.54. The van der Waals surface area contributed by atoms with Crippen molar-refractivity contribution in [2.24, 2.45) is 16.3 Å². The molecule has 23 heavy (non-hydrogen) atoms. The zero-order valence-corrected chi connectivity index (χ0v) is 14.2. The van der Waals surface area contributed by atoms with E-state index in [1.807, 2.05) is 37.4 Å². The molecule has 0 aromatic heterocycles. The largest absolute Gasteiger partial charge is 0.492 e. The number of aliphatic imine (C=N–C) groups is 1. The van der Waals surface area contributed by atoms with E-state index in [0.717, 1.165) is 24.7 Å². The lowest BCUT2D eigenvalue weighted by atomic mass is 9.57. The fourth-order valence-corrected chi connectivity index (χ4v) is 3.81. The van der Waals surface area contributed by atoms with E-state index in [1.165, 1.54) is 0 Å². The second-order valence-corrected chi connectivity index (χ2v) is 6.85. The van der Waals surface area contributed by atoms with Crippen molar-refractivity contribution in [3.05, 3.63) is 30.3 Å². The number of benzene rings is 1. The van der Waals surface area contributed by atoms with Gasteiger partial charge in [0.05, 0.1) is 12.6 Å². The predicted molar refractivity (Wildman–Crippen MR) is 91.9 cm³/mol. The van der Waals surface area contributed by atoms with Gasteiger partial charge < -0.3 is 20.1 Å². The van der Waals surface area contributed by atoms with Crippen molar-refractivity contribution in [3.63, 3.8) is 0 Å². The van der Waals surface area contributed by atoms with Crippen molar-refractivity contribution in [2.45, 2.75) is 32.4 Å². The van der Waals surface area contributed by atoms with Crippen LogP contribution >= 0.6 is 0 Å². The average molecular weight is 317 g/mol. The van der Waals surface area contributed by atoms with Crippen LogP contribution in [-0.2, 0) is 4.74 Å². The third-order valence-electron chi connectivity index (χ3n) is 5.02. The molecule has 5 nitrogen and oxygen atoms in total. The quantitative estimate of drug-likeness (QED) is 0.496. The van der Waals surface area contributed by atoms with Crippen molar-refractivity contribution < 1.29 is 9.47 Å². The number of guanidine groups is 1. The summed E-state index contributed by atoms with van der Waals surface area (Å²) in [6, 6.07) is 10.3. The lowest BCUT2D eigenvalue weighted by molar-refractivity contribution is -0.106. The van der Waals surface area contributed by atoms with E-state index in [1.54, 1.807) is 0 Å².